The molecule has 1 fully saturated rings. The summed E-state index contributed by atoms with van der Waals surface area (Å²) < 4.78 is 10.4. The normalized spacial score (nSPS) is 13.7. The van der Waals surface area contributed by atoms with Gasteiger partial charge in [0.05, 0.1) is 18.4 Å². The highest BCUT2D eigenvalue weighted by Crippen LogP contribution is 2.31. The van der Waals surface area contributed by atoms with Crippen LogP contribution in [0.4, 0.5) is 17.1 Å². The van der Waals surface area contributed by atoms with Crippen LogP contribution in [-0.4, -0.2) is 65.4 Å². The number of nitrogens with zero attached hydrogens (tertiary/aromatic N) is 2. The fourth-order valence-electron chi connectivity index (χ4n) is 3.87. The van der Waals surface area contributed by atoms with Gasteiger partial charge in [0, 0.05) is 51.2 Å². The van der Waals surface area contributed by atoms with Gasteiger partial charge in [-0.05, 0) is 36.2 Å². The second kappa shape index (κ2) is 11.6. The summed E-state index contributed by atoms with van der Waals surface area (Å²) in [6.07, 6.45) is 0. The molecule has 0 aliphatic carbocycles. The molecule has 1 saturated heterocycles. The number of anilines is 3. The van der Waals surface area contributed by atoms with Crippen LogP contribution in [0.25, 0.3) is 0 Å². The summed E-state index contributed by atoms with van der Waals surface area (Å²) in [7, 11) is 3.16. The first-order valence-corrected chi connectivity index (χ1v) is 11.3. The molecule has 33 heavy (non-hydrogen) atoms. The van der Waals surface area contributed by atoms with Crippen molar-refractivity contribution in [3.8, 4) is 5.75 Å². The van der Waals surface area contributed by atoms with Crippen molar-refractivity contribution in [3.63, 3.8) is 0 Å². The maximum Gasteiger partial charge on any atom is 0.253 e. The molecule has 0 spiro atoms. The molecule has 0 aromatic heterocycles. The van der Waals surface area contributed by atoms with E-state index in [4.69, 9.17) is 9.47 Å². The lowest BCUT2D eigenvalue weighted by molar-refractivity contribution is -0.119. The van der Waals surface area contributed by atoms with Crippen LogP contribution in [-0.2, 0) is 9.53 Å². The standard InChI is InChI=1S/C25H34N4O4/c1-18(2)16-26-25(31)20-15-19(27-24(30)17-32-3)9-10-21(20)28-11-13-29(14-12-28)22-7-5-6-8-23(22)33-4/h5-10,15,18H,11-14,16-17H2,1-4H3,(H,26,31)(H,27,30). The number of carbonyl (C=O) groups excluding carboxylic acids is 2. The smallest absolute Gasteiger partial charge is 0.253 e. The first-order chi connectivity index (χ1) is 15.9. The minimum Gasteiger partial charge on any atom is -0.495 e. The van der Waals surface area contributed by atoms with Gasteiger partial charge in [0.1, 0.15) is 12.4 Å². The van der Waals surface area contributed by atoms with E-state index in [1.165, 1.54) is 7.11 Å². The molecule has 0 bridgehead atoms. The Balaban J connectivity index is 1.79. The molecule has 178 valence electrons. The van der Waals surface area contributed by atoms with E-state index in [0.717, 1.165) is 43.3 Å². The summed E-state index contributed by atoms with van der Waals surface area (Å²) in [5.41, 5.74) is 3.06. The number of benzene rings is 2. The van der Waals surface area contributed by atoms with Crippen molar-refractivity contribution < 1.29 is 19.1 Å². The van der Waals surface area contributed by atoms with Crippen LogP contribution in [0.1, 0.15) is 24.2 Å². The molecule has 2 N–H and O–H groups in total. The fraction of sp³-hybridized carbons (Fsp3) is 0.440. The SMILES string of the molecule is COCC(=O)Nc1ccc(N2CCN(c3ccccc3OC)CC2)c(C(=O)NCC(C)C)c1. The Labute approximate surface area is 195 Å². The molecule has 0 saturated carbocycles. The van der Waals surface area contributed by atoms with Crippen LogP contribution in [0.2, 0.25) is 0 Å². The molecular formula is C25H34N4O4. The van der Waals surface area contributed by atoms with E-state index in [9.17, 15) is 9.59 Å². The molecule has 1 aliphatic rings. The summed E-state index contributed by atoms with van der Waals surface area (Å²) >= 11 is 0. The van der Waals surface area contributed by atoms with E-state index < -0.39 is 0 Å². The summed E-state index contributed by atoms with van der Waals surface area (Å²) in [4.78, 5) is 29.5. The van der Waals surface area contributed by atoms with E-state index >= 15 is 0 Å². The summed E-state index contributed by atoms with van der Waals surface area (Å²) in [5.74, 6) is 0.792. The Hall–Kier alpha value is -3.26. The monoisotopic (exact) mass is 454 g/mol. The van der Waals surface area contributed by atoms with Crippen molar-refractivity contribution in [1.82, 2.24) is 5.32 Å². The van der Waals surface area contributed by atoms with E-state index in [-0.39, 0.29) is 18.4 Å². The first kappa shape index (κ1) is 24.4. The lowest BCUT2D eigenvalue weighted by Crippen LogP contribution is -2.47. The van der Waals surface area contributed by atoms with E-state index in [1.54, 1.807) is 13.2 Å². The molecule has 8 nitrogen and oxygen atoms in total. The maximum atomic E-state index is 13.0. The molecule has 0 unspecified atom stereocenters. The minimum atomic E-state index is -0.260. The van der Waals surface area contributed by atoms with Gasteiger partial charge in [-0.1, -0.05) is 26.0 Å². The zero-order valence-electron chi connectivity index (χ0n) is 19.9. The average molecular weight is 455 g/mol. The molecule has 1 aliphatic heterocycles. The molecule has 0 atom stereocenters. The highest BCUT2D eigenvalue weighted by atomic mass is 16.5. The lowest BCUT2D eigenvalue weighted by atomic mass is 10.1. The number of piperazine rings is 1. The number of rotatable bonds is 9. The molecule has 0 radical (unpaired) electrons. The third-order valence-electron chi connectivity index (χ3n) is 5.52. The Morgan fingerprint density at radius 2 is 1.64 bits per heavy atom. The number of hydrogen-bond acceptors (Lipinski definition) is 6. The molecule has 2 aromatic rings. The Morgan fingerprint density at radius 3 is 2.27 bits per heavy atom. The van der Waals surface area contributed by atoms with Gasteiger partial charge in [-0.15, -0.1) is 0 Å². The van der Waals surface area contributed by atoms with Gasteiger partial charge in [0.25, 0.3) is 5.91 Å². The fourth-order valence-corrected chi connectivity index (χ4v) is 3.87. The van der Waals surface area contributed by atoms with Crippen molar-refractivity contribution in [2.24, 2.45) is 5.92 Å². The van der Waals surface area contributed by atoms with Crippen LogP contribution in [0.5, 0.6) is 5.75 Å². The van der Waals surface area contributed by atoms with E-state index in [2.05, 4.69) is 40.3 Å². The number of amides is 2. The van der Waals surface area contributed by atoms with Crippen LogP contribution in [0.3, 0.4) is 0 Å². The maximum absolute atomic E-state index is 13.0. The third kappa shape index (κ3) is 6.38. The Kier molecular flexibility index (Phi) is 8.54. The summed E-state index contributed by atoms with van der Waals surface area (Å²) in [5, 5.41) is 5.79. The molecule has 1 heterocycles. The summed E-state index contributed by atoms with van der Waals surface area (Å²) in [6.45, 7) is 7.79. The lowest BCUT2D eigenvalue weighted by Gasteiger charge is -2.38. The van der Waals surface area contributed by atoms with Gasteiger partial charge >= 0.3 is 0 Å². The number of hydrogen-bond donors (Lipinski definition) is 2. The van der Waals surface area contributed by atoms with Crippen molar-refractivity contribution in [1.29, 1.82) is 0 Å². The van der Waals surface area contributed by atoms with Gasteiger partial charge in [0.15, 0.2) is 0 Å². The van der Waals surface area contributed by atoms with Crippen molar-refractivity contribution in [3.05, 3.63) is 48.0 Å². The number of nitrogens with one attached hydrogen (secondary N) is 2. The topological polar surface area (TPSA) is 83.1 Å². The van der Waals surface area contributed by atoms with Gasteiger partial charge in [-0.25, -0.2) is 0 Å². The summed E-state index contributed by atoms with van der Waals surface area (Å²) in [6, 6.07) is 13.5. The second-order valence-electron chi connectivity index (χ2n) is 8.46. The zero-order chi connectivity index (χ0) is 23.8. The molecular weight excluding hydrogens is 420 g/mol. The number of ether oxygens (including phenoxy) is 2. The number of carbonyl (C=O) groups is 2. The van der Waals surface area contributed by atoms with Gasteiger partial charge < -0.3 is 29.9 Å². The predicted octanol–water partition coefficient (Wildman–Crippen LogP) is 2.99. The van der Waals surface area contributed by atoms with E-state index in [0.29, 0.717) is 23.7 Å². The van der Waals surface area contributed by atoms with Crippen LogP contribution >= 0.6 is 0 Å². The van der Waals surface area contributed by atoms with Gasteiger partial charge in [-0.2, -0.15) is 0 Å². The first-order valence-electron chi connectivity index (χ1n) is 11.3. The molecule has 8 heteroatoms. The van der Waals surface area contributed by atoms with E-state index in [1.807, 2.05) is 30.3 Å². The number of para-hydroxylation sites is 2. The Morgan fingerprint density at radius 1 is 0.970 bits per heavy atom. The Bertz CT molecular complexity index is 955. The van der Waals surface area contributed by atoms with Gasteiger partial charge in [-0.3, -0.25) is 9.59 Å². The predicted molar refractivity (Wildman–Crippen MR) is 132 cm³/mol. The molecule has 2 aromatic carbocycles. The van der Waals surface area contributed by atoms with Crippen LogP contribution < -0.4 is 25.2 Å². The van der Waals surface area contributed by atoms with Crippen LogP contribution in [0, 0.1) is 5.92 Å². The largest absolute Gasteiger partial charge is 0.495 e. The molecule has 3 rings (SSSR count). The zero-order valence-corrected chi connectivity index (χ0v) is 19.9. The minimum absolute atomic E-state index is 0.0401. The highest BCUT2D eigenvalue weighted by Gasteiger charge is 2.24. The highest BCUT2D eigenvalue weighted by molar-refractivity contribution is 6.02. The quantitative estimate of drug-likeness (QED) is 0.606. The second-order valence-corrected chi connectivity index (χ2v) is 8.46. The van der Waals surface area contributed by atoms with Crippen molar-refractivity contribution in [2.75, 3.05) is 68.7 Å². The average Bonchev–Trinajstić information content (AvgIpc) is 2.82. The van der Waals surface area contributed by atoms with Crippen molar-refractivity contribution >= 4 is 28.9 Å². The third-order valence-corrected chi connectivity index (χ3v) is 5.52. The van der Waals surface area contributed by atoms with Gasteiger partial charge in [0.2, 0.25) is 5.91 Å². The van der Waals surface area contributed by atoms with Crippen molar-refractivity contribution in [2.45, 2.75) is 13.8 Å². The molecule has 2 amide bonds. The number of methoxy groups -OCH3 is 2. The van der Waals surface area contributed by atoms with Crippen LogP contribution in [0.15, 0.2) is 42.5 Å².